The lowest BCUT2D eigenvalue weighted by Crippen LogP contribution is -2.02. The summed E-state index contributed by atoms with van der Waals surface area (Å²) in [6.45, 7) is 2.03. The minimum Gasteiger partial charge on any atom is -0.292 e. The average Bonchev–Trinajstić information content (AvgIpc) is 2.33. The van der Waals surface area contributed by atoms with Crippen molar-refractivity contribution >= 4 is 24.3 Å². The molecule has 0 saturated heterocycles. The molecule has 2 nitrogen and oxygen atoms in total. The molecule has 3 heteroatoms. The maximum atomic E-state index is 5.63. The highest BCUT2D eigenvalue weighted by Crippen LogP contribution is 2.09. The zero-order valence-electron chi connectivity index (χ0n) is 6.26. The van der Waals surface area contributed by atoms with Crippen LogP contribution in [0.2, 0.25) is 0 Å². The average molecular weight is 142 g/mol. The summed E-state index contributed by atoms with van der Waals surface area (Å²) in [6.07, 6.45) is 0. The number of aryl methyl sites for hydroxylation is 1. The van der Waals surface area contributed by atoms with Gasteiger partial charge in [-0.2, -0.15) is 5.10 Å². The van der Waals surface area contributed by atoms with Crippen LogP contribution < -0.4 is 5.59 Å². The molecule has 0 saturated carbocycles. The Kier molecular flexibility index (Phi) is 1.25. The number of H-pyrrole nitrogens is 1. The highest BCUT2D eigenvalue weighted by molar-refractivity contribution is 6.37. The molecule has 0 aliphatic heterocycles. The first-order valence-electron chi connectivity index (χ1n) is 3.47. The van der Waals surface area contributed by atoms with Crippen molar-refractivity contribution in [1.82, 2.24) is 10.2 Å². The largest absolute Gasteiger partial charge is 0.292 e. The zero-order chi connectivity index (χ0) is 7.84. The monoisotopic (exact) mass is 142 g/mol. The Hall–Kier alpha value is -1.25. The molecule has 1 aromatic heterocycles. The molecule has 0 aliphatic rings. The first-order valence-corrected chi connectivity index (χ1v) is 3.47. The van der Waals surface area contributed by atoms with Crippen molar-refractivity contribution in [3.63, 3.8) is 0 Å². The van der Waals surface area contributed by atoms with Crippen molar-refractivity contribution < 1.29 is 0 Å². The van der Waals surface area contributed by atoms with Crippen molar-refractivity contribution in [2.24, 2.45) is 0 Å². The van der Waals surface area contributed by atoms with Gasteiger partial charge >= 0.3 is 0 Å². The van der Waals surface area contributed by atoms with Gasteiger partial charge in [0.1, 0.15) is 7.85 Å². The fourth-order valence-corrected chi connectivity index (χ4v) is 1.14. The van der Waals surface area contributed by atoms with Crippen LogP contribution in [0.1, 0.15) is 5.56 Å². The Labute approximate surface area is 66.0 Å². The number of nitrogens with one attached hydrogen (secondary N) is 1. The van der Waals surface area contributed by atoms with E-state index in [1.54, 1.807) is 0 Å². The van der Waals surface area contributed by atoms with E-state index in [2.05, 4.69) is 10.2 Å². The lowest BCUT2D eigenvalue weighted by molar-refractivity contribution is 1.14. The van der Waals surface area contributed by atoms with Gasteiger partial charge in [-0.15, -0.1) is 0 Å². The molecule has 0 atom stereocenters. The summed E-state index contributed by atoms with van der Waals surface area (Å²) in [4.78, 5) is 0. The SMILES string of the molecule is [B]c1[nH]nc2ccc(C)cc12. The standard InChI is InChI=1S/C8H7BN2/c1-5-2-3-7-6(4-5)8(9)11-10-7/h2-4H,1H3,(H,10,11). The van der Waals surface area contributed by atoms with E-state index >= 15 is 0 Å². The molecule has 0 aliphatic carbocycles. The molecular formula is C8H7BN2. The zero-order valence-corrected chi connectivity index (χ0v) is 6.26. The minimum absolute atomic E-state index is 0.642. The van der Waals surface area contributed by atoms with Gasteiger partial charge in [0, 0.05) is 5.39 Å². The molecule has 2 aromatic rings. The van der Waals surface area contributed by atoms with Crippen LogP contribution in [0.25, 0.3) is 10.9 Å². The normalized spacial score (nSPS) is 10.6. The first-order chi connectivity index (χ1) is 5.27. The quantitative estimate of drug-likeness (QED) is 0.538. The Morgan fingerprint density at radius 3 is 3.09 bits per heavy atom. The lowest BCUT2D eigenvalue weighted by Gasteiger charge is -1.91. The topological polar surface area (TPSA) is 28.7 Å². The Morgan fingerprint density at radius 1 is 1.45 bits per heavy atom. The molecular weight excluding hydrogens is 135 g/mol. The van der Waals surface area contributed by atoms with Gasteiger partial charge in [-0.05, 0) is 24.6 Å². The molecule has 0 amide bonds. The smallest absolute Gasteiger partial charge is 0.141 e. The molecule has 0 spiro atoms. The maximum absolute atomic E-state index is 5.63. The van der Waals surface area contributed by atoms with E-state index in [1.165, 1.54) is 5.56 Å². The molecule has 2 rings (SSSR count). The second-order valence-electron chi connectivity index (χ2n) is 2.66. The van der Waals surface area contributed by atoms with E-state index in [-0.39, 0.29) is 0 Å². The minimum atomic E-state index is 0.642. The third kappa shape index (κ3) is 0.927. The van der Waals surface area contributed by atoms with Crippen LogP contribution in [0, 0.1) is 6.92 Å². The van der Waals surface area contributed by atoms with E-state index in [9.17, 15) is 0 Å². The molecule has 1 heterocycles. The van der Waals surface area contributed by atoms with Crippen LogP contribution in [0.5, 0.6) is 0 Å². The second-order valence-corrected chi connectivity index (χ2v) is 2.66. The highest BCUT2D eigenvalue weighted by atomic mass is 15.1. The fourth-order valence-electron chi connectivity index (χ4n) is 1.14. The van der Waals surface area contributed by atoms with Crippen LogP contribution in [0.4, 0.5) is 0 Å². The first kappa shape index (κ1) is 6.46. The van der Waals surface area contributed by atoms with E-state index in [0.29, 0.717) is 5.59 Å². The molecule has 0 bridgehead atoms. The van der Waals surface area contributed by atoms with Crippen LogP contribution in [-0.2, 0) is 0 Å². The van der Waals surface area contributed by atoms with Crippen molar-refractivity contribution in [1.29, 1.82) is 0 Å². The molecule has 0 unspecified atom stereocenters. The van der Waals surface area contributed by atoms with E-state index < -0.39 is 0 Å². The summed E-state index contributed by atoms with van der Waals surface area (Å²) in [5, 5.41) is 7.75. The second kappa shape index (κ2) is 2.12. The van der Waals surface area contributed by atoms with Crippen LogP contribution >= 0.6 is 0 Å². The molecule has 1 N–H and O–H groups in total. The fraction of sp³-hybridized carbons (Fsp3) is 0.125. The molecule has 0 fully saturated rings. The number of benzene rings is 1. The van der Waals surface area contributed by atoms with E-state index in [4.69, 9.17) is 7.85 Å². The van der Waals surface area contributed by atoms with Gasteiger partial charge in [0.05, 0.1) is 5.52 Å². The Bertz CT molecular complexity index is 392. The van der Waals surface area contributed by atoms with Gasteiger partial charge in [-0.25, -0.2) is 0 Å². The van der Waals surface area contributed by atoms with Crippen molar-refractivity contribution in [3.8, 4) is 0 Å². The number of rotatable bonds is 0. The molecule has 1 aromatic carbocycles. The van der Waals surface area contributed by atoms with Gasteiger partial charge < -0.3 is 0 Å². The molecule has 2 radical (unpaired) electrons. The van der Waals surface area contributed by atoms with Crippen LogP contribution in [0.3, 0.4) is 0 Å². The summed E-state index contributed by atoms with van der Waals surface area (Å²) < 4.78 is 0. The van der Waals surface area contributed by atoms with Crippen molar-refractivity contribution in [2.45, 2.75) is 6.92 Å². The van der Waals surface area contributed by atoms with Gasteiger partial charge in [0.15, 0.2) is 0 Å². The Morgan fingerprint density at radius 2 is 2.27 bits per heavy atom. The number of fused-ring (bicyclic) bond motifs is 1. The number of hydrogen-bond donors (Lipinski definition) is 1. The number of hydrogen-bond acceptors (Lipinski definition) is 1. The van der Waals surface area contributed by atoms with Gasteiger partial charge in [-0.3, -0.25) is 5.10 Å². The molecule has 11 heavy (non-hydrogen) atoms. The predicted molar refractivity (Wildman–Crippen MR) is 46.2 cm³/mol. The maximum Gasteiger partial charge on any atom is 0.141 e. The van der Waals surface area contributed by atoms with E-state index in [1.807, 2.05) is 25.1 Å². The number of nitrogens with zero attached hydrogens (tertiary/aromatic N) is 1. The molecule has 52 valence electrons. The summed E-state index contributed by atoms with van der Waals surface area (Å²) in [7, 11) is 5.63. The summed E-state index contributed by atoms with van der Waals surface area (Å²) in [5.74, 6) is 0. The Balaban J connectivity index is 2.87. The van der Waals surface area contributed by atoms with Crippen LogP contribution in [0.15, 0.2) is 18.2 Å². The predicted octanol–water partition coefficient (Wildman–Crippen LogP) is 0.665. The third-order valence-corrected chi connectivity index (χ3v) is 1.74. The summed E-state index contributed by atoms with van der Waals surface area (Å²) >= 11 is 0. The highest BCUT2D eigenvalue weighted by Gasteiger charge is 1.98. The van der Waals surface area contributed by atoms with Gasteiger partial charge in [0.25, 0.3) is 0 Å². The number of aromatic nitrogens is 2. The van der Waals surface area contributed by atoms with Crippen molar-refractivity contribution in [2.75, 3.05) is 0 Å². The summed E-state index contributed by atoms with van der Waals surface area (Å²) in [5.41, 5.74) is 2.77. The number of aromatic amines is 1. The van der Waals surface area contributed by atoms with Crippen molar-refractivity contribution in [3.05, 3.63) is 23.8 Å². The summed E-state index contributed by atoms with van der Waals surface area (Å²) in [6, 6.07) is 5.99. The lowest BCUT2D eigenvalue weighted by atomic mass is 9.99. The van der Waals surface area contributed by atoms with E-state index in [0.717, 1.165) is 10.9 Å². The third-order valence-electron chi connectivity index (χ3n) is 1.74. The van der Waals surface area contributed by atoms with Crippen LogP contribution in [-0.4, -0.2) is 18.0 Å². The van der Waals surface area contributed by atoms with Gasteiger partial charge in [0.2, 0.25) is 0 Å². The van der Waals surface area contributed by atoms with Gasteiger partial charge in [-0.1, -0.05) is 11.6 Å².